The monoisotopic (exact) mass is 732 g/mol. The van der Waals surface area contributed by atoms with Crippen molar-refractivity contribution in [1.82, 2.24) is 0 Å². The lowest BCUT2D eigenvalue weighted by Crippen LogP contribution is -2.04. The number of fused-ring (bicyclic) bond motifs is 2. The van der Waals surface area contributed by atoms with E-state index in [1.165, 1.54) is 39.5 Å². The summed E-state index contributed by atoms with van der Waals surface area (Å²) in [4.78, 5) is 25.1. The normalized spacial score (nSPS) is 10.7. The molecule has 7 aromatic rings. The quantitative estimate of drug-likeness (QED) is 0.140. The van der Waals surface area contributed by atoms with Crippen LogP contribution >= 0.6 is 0 Å². The molecule has 2 aromatic heterocycles. The summed E-state index contributed by atoms with van der Waals surface area (Å²) in [7, 11) is 7.67. The molecule has 5 aromatic carbocycles. The molecule has 0 aliphatic carbocycles. The Morgan fingerprint density at radius 3 is 1.57 bits per heavy atom. The van der Waals surface area contributed by atoms with Crippen LogP contribution in [0.15, 0.2) is 122 Å². The molecule has 0 saturated carbocycles. The summed E-state index contributed by atoms with van der Waals surface area (Å²) in [6.07, 6.45) is 0. The average Bonchev–Trinajstić information content (AvgIpc) is 3.19. The van der Waals surface area contributed by atoms with Gasteiger partial charge < -0.3 is 47.5 Å². The molecule has 276 valence electrons. The molecule has 12 heteroatoms. The molecular weight excluding hydrogens is 696 g/mol. The number of ether oxygens (including phenoxy) is 6. The van der Waals surface area contributed by atoms with E-state index in [-0.39, 0.29) is 33.7 Å². The van der Waals surface area contributed by atoms with Crippen LogP contribution in [0.1, 0.15) is 5.56 Å². The van der Waals surface area contributed by atoms with Gasteiger partial charge in [-0.25, -0.2) is 0 Å². The summed E-state index contributed by atoms with van der Waals surface area (Å²) in [6, 6.07) is 28.7. The minimum atomic E-state index is -0.409. The fourth-order valence-electron chi connectivity index (χ4n) is 5.73. The van der Waals surface area contributed by atoms with Gasteiger partial charge in [0, 0.05) is 47.5 Å². The number of benzene rings is 5. The minimum Gasteiger partial charge on any atom is -0.508 e. The van der Waals surface area contributed by atoms with E-state index in [9.17, 15) is 19.8 Å². The summed E-state index contributed by atoms with van der Waals surface area (Å²) >= 11 is 0. The zero-order valence-electron chi connectivity index (χ0n) is 30.0. The van der Waals surface area contributed by atoms with Gasteiger partial charge in [-0.2, -0.15) is 0 Å². The predicted octanol–water partition coefficient (Wildman–Crippen LogP) is 7.95. The maximum atomic E-state index is 12.9. The fourth-order valence-corrected chi connectivity index (χ4v) is 5.73. The highest BCUT2D eigenvalue weighted by Gasteiger charge is 2.17. The Hall–Kier alpha value is -7.08. The molecule has 0 atom stereocenters. The van der Waals surface area contributed by atoms with Crippen LogP contribution in [-0.2, 0) is 6.61 Å². The van der Waals surface area contributed by atoms with Crippen molar-refractivity contribution in [3.05, 3.63) is 129 Å². The van der Waals surface area contributed by atoms with Gasteiger partial charge in [0.05, 0.1) is 35.5 Å². The second-order valence-electron chi connectivity index (χ2n) is 11.7. The lowest BCUT2D eigenvalue weighted by Gasteiger charge is -2.12. The van der Waals surface area contributed by atoms with Gasteiger partial charge in [0.25, 0.3) is 0 Å². The SMILES string of the molecule is COc1ccc(-c2cc(=O)c3c(O)cc(O)cc3o2)cc1OC.COc1ccc(-c2cc(=O)c3c(OC)cc(OCc4ccccc4)cc3o2)cc1OC. The fraction of sp³-hybridized carbons (Fsp3) is 0.143. The van der Waals surface area contributed by atoms with Crippen LogP contribution < -0.4 is 39.3 Å². The van der Waals surface area contributed by atoms with E-state index in [1.807, 2.05) is 30.3 Å². The van der Waals surface area contributed by atoms with Crippen LogP contribution in [0.2, 0.25) is 0 Å². The van der Waals surface area contributed by atoms with E-state index < -0.39 is 5.43 Å². The van der Waals surface area contributed by atoms with Crippen molar-refractivity contribution in [3.8, 4) is 68.6 Å². The van der Waals surface area contributed by atoms with Crippen LogP contribution in [0.5, 0.6) is 46.0 Å². The first kappa shape index (κ1) is 36.7. The maximum absolute atomic E-state index is 12.9. The van der Waals surface area contributed by atoms with E-state index in [4.69, 9.17) is 37.3 Å². The van der Waals surface area contributed by atoms with E-state index in [2.05, 4.69) is 0 Å². The summed E-state index contributed by atoms with van der Waals surface area (Å²) in [5.41, 5.74) is 2.17. The van der Waals surface area contributed by atoms with Crippen molar-refractivity contribution in [2.24, 2.45) is 0 Å². The van der Waals surface area contributed by atoms with E-state index in [0.29, 0.717) is 69.0 Å². The predicted molar refractivity (Wildman–Crippen MR) is 203 cm³/mol. The first-order valence-electron chi connectivity index (χ1n) is 16.4. The molecule has 0 saturated heterocycles. The molecular formula is C42H36O12. The van der Waals surface area contributed by atoms with Gasteiger partial charge in [-0.15, -0.1) is 0 Å². The molecule has 2 heterocycles. The zero-order valence-corrected chi connectivity index (χ0v) is 30.0. The number of hydrogen-bond donors (Lipinski definition) is 2. The third-order valence-electron chi connectivity index (χ3n) is 8.37. The van der Waals surface area contributed by atoms with Crippen LogP contribution in [0.4, 0.5) is 0 Å². The molecule has 0 amide bonds. The Labute approximate surface area is 308 Å². The lowest BCUT2D eigenvalue weighted by atomic mass is 10.1. The molecule has 0 unspecified atom stereocenters. The summed E-state index contributed by atoms with van der Waals surface area (Å²) in [5.74, 6) is 3.28. The largest absolute Gasteiger partial charge is 0.508 e. The van der Waals surface area contributed by atoms with Crippen molar-refractivity contribution in [2.75, 3.05) is 35.5 Å². The Balaban J connectivity index is 0.000000193. The first-order chi connectivity index (χ1) is 26.2. The third kappa shape index (κ3) is 7.72. The van der Waals surface area contributed by atoms with Crippen molar-refractivity contribution < 1.29 is 47.5 Å². The summed E-state index contributed by atoms with van der Waals surface area (Å²) in [6.45, 7) is 0.384. The average molecular weight is 733 g/mol. The Bertz CT molecular complexity index is 2560. The van der Waals surface area contributed by atoms with Gasteiger partial charge in [-0.3, -0.25) is 9.59 Å². The molecule has 12 nitrogen and oxygen atoms in total. The zero-order chi connectivity index (χ0) is 38.4. The molecule has 7 rings (SSSR count). The molecule has 0 bridgehead atoms. The number of phenols is 2. The van der Waals surface area contributed by atoms with Crippen LogP contribution in [0, 0.1) is 0 Å². The Morgan fingerprint density at radius 1 is 0.519 bits per heavy atom. The molecule has 0 fully saturated rings. The number of rotatable bonds is 10. The molecule has 0 spiro atoms. The second-order valence-corrected chi connectivity index (χ2v) is 11.7. The Morgan fingerprint density at radius 2 is 1.04 bits per heavy atom. The minimum absolute atomic E-state index is 0.0204. The highest BCUT2D eigenvalue weighted by atomic mass is 16.5. The van der Waals surface area contributed by atoms with E-state index in [1.54, 1.807) is 62.8 Å². The number of phenolic OH excluding ortho intramolecular Hbond substituents is 2. The van der Waals surface area contributed by atoms with Crippen LogP contribution in [-0.4, -0.2) is 45.8 Å². The first-order valence-corrected chi connectivity index (χ1v) is 16.4. The highest BCUT2D eigenvalue weighted by Crippen LogP contribution is 2.37. The van der Waals surface area contributed by atoms with Gasteiger partial charge >= 0.3 is 0 Å². The van der Waals surface area contributed by atoms with Crippen molar-refractivity contribution in [2.45, 2.75) is 6.61 Å². The van der Waals surface area contributed by atoms with Crippen molar-refractivity contribution in [3.63, 3.8) is 0 Å². The van der Waals surface area contributed by atoms with E-state index in [0.717, 1.165) is 11.6 Å². The molecule has 0 aliphatic rings. The van der Waals surface area contributed by atoms with Gasteiger partial charge in [-0.1, -0.05) is 30.3 Å². The van der Waals surface area contributed by atoms with E-state index >= 15 is 0 Å². The lowest BCUT2D eigenvalue weighted by molar-refractivity contribution is 0.304. The topological polar surface area (TPSA) is 156 Å². The summed E-state index contributed by atoms with van der Waals surface area (Å²) < 4.78 is 44.1. The molecule has 0 aliphatic heterocycles. The van der Waals surface area contributed by atoms with Gasteiger partial charge in [0.15, 0.2) is 33.9 Å². The molecule has 0 radical (unpaired) electrons. The van der Waals surface area contributed by atoms with Gasteiger partial charge in [-0.05, 0) is 42.0 Å². The Kier molecular flexibility index (Phi) is 10.9. The number of aromatic hydroxyl groups is 2. The molecule has 54 heavy (non-hydrogen) atoms. The summed E-state index contributed by atoms with van der Waals surface area (Å²) in [5, 5.41) is 19.7. The van der Waals surface area contributed by atoms with Gasteiger partial charge in [0.2, 0.25) is 0 Å². The number of methoxy groups -OCH3 is 5. The van der Waals surface area contributed by atoms with Crippen molar-refractivity contribution in [1.29, 1.82) is 0 Å². The van der Waals surface area contributed by atoms with Gasteiger partial charge in [0.1, 0.15) is 63.1 Å². The van der Waals surface area contributed by atoms with Crippen LogP contribution in [0.25, 0.3) is 44.6 Å². The number of hydrogen-bond acceptors (Lipinski definition) is 12. The standard InChI is InChI=1S/C25H22O6.C17H14O6/c1-27-20-10-9-17(11-22(20)28-2)21-14-19(26)25-23(29-3)12-18(13-24(25)31-21)30-15-16-7-5-4-6-8-16;1-21-13-4-3-9(5-15(13)22-2)14-8-12(20)17-11(19)6-10(18)7-16(17)23-14/h4-14H,15H2,1-3H3;3-8,18-19H,1-2H3. The maximum Gasteiger partial charge on any atom is 0.197 e. The van der Waals surface area contributed by atoms with Crippen LogP contribution in [0.3, 0.4) is 0 Å². The second kappa shape index (κ2) is 16.1. The highest BCUT2D eigenvalue weighted by molar-refractivity contribution is 5.87. The van der Waals surface area contributed by atoms with Crippen molar-refractivity contribution >= 4 is 21.9 Å². The smallest absolute Gasteiger partial charge is 0.197 e. The third-order valence-corrected chi connectivity index (χ3v) is 8.37. The molecule has 2 N–H and O–H groups in total.